The Balaban J connectivity index is 0. The molecule has 67 valence electrons. The fourth-order valence-corrected chi connectivity index (χ4v) is 1.22. The minimum absolute atomic E-state index is 0. The average Bonchev–Trinajstić information content (AvgIpc) is 1.60. The molecule has 0 fully saturated rings. The zero-order valence-electron chi connectivity index (χ0n) is 8.73. The Morgan fingerprint density at radius 2 is 1.55 bits per heavy atom. The molecular weight excluding hydrogens is 171 g/mol. The van der Waals surface area contributed by atoms with E-state index in [2.05, 4.69) is 41.5 Å². The molecule has 0 saturated carbocycles. The van der Waals surface area contributed by atoms with Crippen LogP contribution in [0.5, 0.6) is 0 Å². The molecule has 0 aliphatic heterocycles. The number of hydrogen-bond acceptors (Lipinski definition) is 0. The first kappa shape index (κ1) is 14.1. The van der Waals surface area contributed by atoms with E-state index in [0.29, 0.717) is 5.41 Å². The van der Waals surface area contributed by atoms with Crippen LogP contribution in [0.25, 0.3) is 0 Å². The molecule has 0 amide bonds. The molecule has 0 saturated heterocycles. The van der Waals surface area contributed by atoms with Crippen LogP contribution in [0.4, 0.5) is 0 Å². The van der Waals surface area contributed by atoms with Crippen molar-refractivity contribution >= 4 is 0 Å². The van der Waals surface area contributed by atoms with Crippen molar-refractivity contribution in [2.75, 3.05) is 0 Å². The molecule has 0 bridgehead atoms. The summed E-state index contributed by atoms with van der Waals surface area (Å²) in [6, 6.07) is 0. The standard InChI is InChI=1S/C10H21.V/c1-8(2)7-10(5,6)9(3)4;/h8H,7H2,1-6H3;/q-1;. The summed E-state index contributed by atoms with van der Waals surface area (Å²) in [4.78, 5) is 0. The van der Waals surface area contributed by atoms with Gasteiger partial charge in [0.25, 0.3) is 0 Å². The monoisotopic (exact) mass is 192 g/mol. The zero-order valence-corrected chi connectivity index (χ0v) is 10.1. The molecule has 0 spiro atoms. The van der Waals surface area contributed by atoms with Crippen LogP contribution < -0.4 is 0 Å². The van der Waals surface area contributed by atoms with Gasteiger partial charge in [-0.1, -0.05) is 34.1 Å². The van der Waals surface area contributed by atoms with E-state index in [1.165, 1.54) is 6.42 Å². The molecule has 0 N–H and O–H groups in total. The first-order valence-electron chi connectivity index (χ1n) is 4.17. The Hall–Kier alpha value is 0.584. The molecule has 0 aromatic rings. The molecule has 0 nitrogen and oxygen atoms in total. The summed E-state index contributed by atoms with van der Waals surface area (Å²) in [5.41, 5.74) is 0.439. The van der Waals surface area contributed by atoms with Crippen LogP contribution in [0.2, 0.25) is 0 Å². The van der Waals surface area contributed by atoms with Gasteiger partial charge in [-0.05, 0) is 5.92 Å². The molecule has 0 aliphatic rings. The van der Waals surface area contributed by atoms with Crippen molar-refractivity contribution in [3.8, 4) is 0 Å². The molecule has 0 atom stereocenters. The topological polar surface area (TPSA) is 0 Å². The van der Waals surface area contributed by atoms with E-state index in [1.807, 2.05) is 0 Å². The maximum Gasteiger partial charge on any atom is 0 e. The number of rotatable bonds is 3. The van der Waals surface area contributed by atoms with E-state index in [1.54, 1.807) is 5.92 Å². The normalized spacial score (nSPS) is 12.0. The van der Waals surface area contributed by atoms with Gasteiger partial charge in [-0.25, -0.2) is 0 Å². The van der Waals surface area contributed by atoms with Crippen molar-refractivity contribution in [2.45, 2.75) is 48.0 Å². The van der Waals surface area contributed by atoms with Gasteiger partial charge >= 0.3 is 0 Å². The van der Waals surface area contributed by atoms with Crippen molar-refractivity contribution in [3.05, 3.63) is 5.92 Å². The Kier molecular flexibility index (Phi) is 6.77. The molecule has 0 heterocycles. The summed E-state index contributed by atoms with van der Waals surface area (Å²) in [7, 11) is 0. The second-order valence-corrected chi connectivity index (χ2v) is 4.48. The summed E-state index contributed by atoms with van der Waals surface area (Å²) >= 11 is 0. The van der Waals surface area contributed by atoms with Crippen LogP contribution in [-0.2, 0) is 18.6 Å². The van der Waals surface area contributed by atoms with Gasteiger partial charge in [0.05, 0.1) is 0 Å². The van der Waals surface area contributed by atoms with Gasteiger partial charge in [-0.3, -0.25) is 0 Å². The van der Waals surface area contributed by atoms with Crippen molar-refractivity contribution in [1.82, 2.24) is 0 Å². The fraction of sp³-hybridized carbons (Fsp3) is 0.900. The van der Waals surface area contributed by atoms with Gasteiger partial charge in [-0.15, -0.1) is 0 Å². The minimum Gasteiger partial charge on any atom is -0.314 e. The summed E-state index contributed by atoms with van der Waals surface area (Å²) in [5.74, 6) is 2.35. The van der Waals surface area contributed by atoms with E-state index in [9.17, 15) is 0 Å². The summed E-state index contributed by atoms with van der Waals surface area (Å²) < 4.78 is 0. The van der Waals surface area contributed by atoms with Gasteiger partial charge in [-0.2, -0.15) is 19.3 Å². The van der Waals surface area contributed by atoms with Crippen molar-refractivity contribution in [2.24, 2.45) is 11.3 Å². The van der Waals surface area contributed by atoms with Gasteiger partial charge in [0.2, 0.25) is 0 Å². The van der Waals surface area contributed by atoms with E-state index >= 15 is 0 Å². The third-order valence-electron chi connectivity index (χ3n) is 2.27. The van der Waals surface area contributed by atoms with Gasteiger partial charge < -0.3 is 5.92 Å². The maximum atomic E-state index is 2.32. The van der Waals surface area contributed by atoms with Crippen molar-refractivity contribution in [3.63, 3.8) is 0 Å². The Morgan fingerprint density at radius 3 is 1.64 bits per heavy atom. The quantitative estimate of drug-likeness (QED) is 0.598. The minimum atomic E-state index is 0. The van der Waals surface area contributed by atoms with Crippen LogP contribution in [0, 0.1) is 17.3 Å². The summed E-state index contributed by atoms with van der Waals surface area (Å²) in [6.45, 7) is 13.7. The predicted octanol–water partition coefficient (Wildman–Crippen LogP) is 3.67. The van der Waals surface area contributed by atoms with Crippen LogP contribution in [-0.4, -0.2) is 0 Å². The Morgan fingerprint density at radius 1 is 1.18 bits per heavy atom. The molecule has 11 heavy (non-hydrogen) atoms. The van der Waals surface area contributed by atoms with Crippen LogP contribution in [0.3, 0.4) is 0 Å². The first-order chi connectivity index (χ1) is 4.36. The Labute approximate surface area is 84.0 Å². The number of hydrogen-bond donors (Lipinski definition) is 0. The fourth-order valence-electron chi connectivity index (χ4n) is 1.22. The van der Waals surface area contributed by atoms with Gasteiger partial charge in [0, 0.05) is 18.6 Å². The summed E-state index contributed by atoms with van der Waals surface area (Å²) in [5, 5.41) is 0. The predicted molar refractivity (Wildman–Crippen MR) is 47.8 cm³/mol. The van der Waals surface area contributed by atoms with Crippen LogP contribution >= 0.6 is 0 Å². The molecule has 0 rings (SSSR count). The SMILES string of the molecule is C[C-](C)C(C)(C)CC(C)C.[V]. The third-order valence-corrected chi connectivity index (χ3v) is 2.27. The molecule has 1 radical (unpaired) electrons. The third kappa shape index (κ3) is 5.81. The average molecular weight is 192 g/mol. The van der Waals surface area contributed by atoms with Crippen molar-refractivity contribution < 1.29 is 18.6 Å². The van der Waals surface area contributed by atoms with E-state index < -0.39 is 0 Å². The van der Waals surface area contributed by atoms with E-state index in [4.69, 9.17) is 0 Å². The second-order valence-electron chi connectivity index (χ2n) is 4.48. The largest absolute Gasteiger partial charge is 0.314 e. The van der Waals surface area contributed by atoms with Crippen molar-refractivity contribution in [1.29, 1.82) is 0 Å². The molecule has 0 aromatic heterocycles. The van der Waals surface area contributed by atoms with Crippen LogP contribution in [0.1, 0.15) is 48.0 Å². The summed E-state index contributed by atoms with van der Waals surface area (Å²) in [6.07, 6.45) is 1.30. The van der Waals surface area contributed by atoms with Crippen LogP contribution in [0.15, 0.2) is 0 Å². The molecule has 0 aliphatic carbocycles. The Bertz CT molecular complexity index is 93.0. The molecule has 1 heteroatoms. The maximum absolute atomic E-state index is 2.32. The molecule has 0 aromatic carbocycles. The van der Waals surface area contributed by atoms with E-state index in [-0.39, 0.29) is 18.6 Å². The molecular formula is C10H21V-. The molecule has 0 unspecified atom stereocenters. The smallest absolute Gasteiger partial charge is 0 e. The van der Waals surface area contributed by atoms with Gasteiger partial charge in [0.1, 0.15) is 0 Å². The zero-order chi connectivity index (χ0) is 8.36. The second kappa shape index (κ2) is 5.27. The van der Waals surface area contributed by atoms with E-state index in [0.717, 1.165) is 5.92 Å². The van der Waals surface area contributed by atoms with Gasteiger partial charge in [0.15, 0.2) is 0 Å². The first-order valence-corrected chi connectivity index (χ1v) is 4.17.